The van der Waals surface area contributed by atoms with Gasteiger partial charge in [0.1, 0.15) is 0 Å². The van der Waals surface area contributed by atoms with Crippen LogP contribution in [-0.2, 0) is 6.54 Å². The number of hydrogen-bond donors (Lipinski definition) is 1. The zero-order chi connectivity index (χ0) is 15.4. The maximum Gasteiger partial charge on any atom is 0.0604 e. The molecule has 0 bridgehead atoms. The topological polar surface area (TPSA) is 32.5 Å². The highest BCUT2D eigenvalue weighted by Crippen LogP contribution is 2.30. The van der Waals surface area contributed by atoms with Gasteiger partial charge in [-0.25, -0.2) is 0 Å². The van der Waals surface area contributed by atoms with Crippen LogP contribution in [0.25, 0.3) is 0 Å². The third-order valence-electron chi connectivity index (χ3n) is 4.42. The van der Waals surface area contributed by atoms with Crippen LogP contribution in [0.2, 0.25) is 0 Å². The minimum absolute atomic E-state index is 0.877. The van der Waals surface area contributed by atoms with E-state index >= 15 is 0 Å². The molecule has 0 aromatic heterocycles. The number of nitrogens with two attached hydrogens (primary N) is 1. The van der Waals surface area contributed by atoms with E-state index in [0.717, 1.165) is 37.6 Å². The Morgan fingerprint density at radius 2 is 1.77 bits per heavy atom. The summed E-state index contributed by atoms with van der Waals surface area (Å²) in [6.45, 7) is 6.32. The first-order valence-corrected chi connectivity index (χ1v) is 8.21. The molecule has 2 N–H and O–H groups in total. The van der Waals surface area contributed by atoms with Crippen LogP contribution in [0.3, 0.4) is 0 Å². The number of anilines is 3. The van der Waals surface area contributed by atoms with Gasteiger partial charge in [0.2, 0.25) is 0 Å². The number of rotatable bonds is 5. The Labute approximate surface area is 133 Å². The minimum atomic E-state index is 0.877. The first kappa shape index (κ1) is 14.8. The fourth-order valence-corrected chi connectivity index (χ4v) is 3.17. The summed E-state index contributed by atoms with van der Waals surface area (Å²) in [7, 11) is 0. The van der Waals surface area contributed by atoms with E-state index in [2.05, 4.69) is 65.3 Å². The van der Waals surface area contributed by atoms with Gasteiger partial charge in [0.15, 0.2) is 0 Å². The van der Waals surface area contributed by atoms with Crippen molar-refractivity contribution in [1.29, 1.82) is 0 Å². The molecule has 1 aliphatic heterocycles. The van der Waals surface area contributed by atoms with Gasteiger partial charge in [-0.3, -0.25) is 0 Å². The molecule has 0 spiro atoms. The molecule has 3 heteroatoms. The lowest BCUT2D eigenvalue weighted by atomic mass is 10.1. The second kappa shape index (κ2) is 6.73. The van der Waals surface area contributed by atoms with Gasteiger partial charge < -0.3 is 15.5 Å². The van der Waals surface area contributed by atoms with E-state index in [-0.39, 0.29) is 0 Å². The van der Waals surface area contributed by atoms with E-state index in [1.165, 1.54) is 24.1 Å². The largest absolute Gasteiger partial charge is 0.397 e. The summed E-state index contributed by atoms with van der Waals surface area (Å²) in [5.74, 6) is 0. The van der Waals surface area contributed by atoms with Crippen molar-refractivity contribution in [1.82, 2.24) is 0 Å². The van der Waals surface area contributed by atoms with Gasteiger partial charge in [-0.2, -0.15) is 0 Å². The molecule has 0 amide bonds. The van der Waals surface area contributed by atoms with Crippen molar-refractivity contribution < 1.29 is 0 Å². The lowest BCUT2D eigenvalue weighted by molar-refractivity contribution is 0.833. The van der Waals surface area contributed by atoms with E-state index in [1.54, 1.807) is 0 Å². The third kappa shape index (κ3) is 3.19. The van der Waals surface area contributed by atoms with E-state index < -0.39 is 0 Å². The van der Waals surface area contributed by atoms with E-state index in [9.17, 15) is 0 Å². The summed E-state index contributed by atoms with van der Waals surface area (Å²) >= 11 is 0. The van der Waals surface area contributed by atoms with Gasteiger partial charge in [0.05, 0.1) is 11.4 Å². The van der Waals surface area contributed by atoms with Crippen LogP contribution in [0.15, 0.2) is 48.5 Å². The smallest absolute Gasteiger partial charge is 0.0604 e. The first-order valence-electron chi connectivity index (χ1n) is 8.21. The average molecular weight is 295 g/mol. The normalized spacial score (nSPS) is 14.3. The second-order valence-corrected chi connectivity index (χ2v) is 5.94. The summed E-state index contributed by atoms with van der Waals surface area (Å²) in [6, 6.07) is 17.1. The molecule has 3 nitrogen and oxygen atoms in total. The van der Waals surface area contributed by atoms with Crippen molar-refractivity contribution in [2.45, 2.75) is 26.3 Å². The second-order valence-electron chi connectivity index (χ2n) is 5.94. The highest BCUT2D eigenvalue weighted by Gasteiger charge is 2.15. The molecule has 2 aromatic carbocycles. The van der Waals surface area contributed by atoms with Gasteiger partial charge in [-0.15, -0.1) is 0 Å². The van der Waals surface area contributed by atoms with Gasteiger partial charge in [-0.05, 0) is 43.5 Å². The lowest BCUT2D eigenvalue weighted by Crippen LogP contribution is -2.23. The molecule has 0 radical (unpaired) electrons. The van der Waals surface area contributed by atoms with Crippen LogP contribution in [-0.4, -0.2) is 19.6 Å². The number of nitrogens with zero attached hydrogens (tertiary/aromatic N) is 2. The zero-order valence-corrected chi connectivity index (χ0v) is 13.3. The molecule has 0 atom stereocenters. The molecular weight excluding hydrogens is 270 g/mol. The minimum Gasteiger partial charge on any atom is -0.397 e. The Kier molecular flexibility index (Phi) is 4.52. The van der Waals surface area contributed by atoms with Crippen molar-refractivity contribution in [3.8, 4) is 0 Å². The Balaban J connectivity index is 1.79. The molecule has 3 rings (SSSR count). The predicted molar refractivity (Wildman–Crippen MR) is 95.5 cm³/mol. The summed E-state index contributed by atoms with van der Waals surface area (Å²) < 4.78 is 0. The van der Waals surface area contributed by atoms with E-state index in [4.69, 9.17) is 5.73 Å². The fraction of sp³-hybridized carbons (Fsp3) is 0.368. The molecule has 0 saturated carbocycles. The third-order valence-corrected chi connectivity index (χ3v) is 4.42. The predicted octanol–water partition coefficient (Wildman–Crippen LogP) is 3.90. The molecule has 1 aliphatic rings. The summed E-state index contributed by atoms with van der Waals surface area (Å²) in [5, 5.41) is 0. The molecule has 1 fully saturated rings. The Morgan fingerprint density at radius 3 is 2.41 bits per heavy atom. The van der Waals surface area contributed by atoms with Crippen molar-refractivity contribution in [2.24, 2.45) is 0 Å². The number of hydrogen-bond acceptors (Lipinski definition) is 3. The summed E-state index contributed by atoms with van der Waals surface area (Å²) in [4.78, 5) is 4.76. The maximum atomic E-state index is 6.35. The lowest BCUT2D eigenvalue weighted by Gasteiger charge is -2.26. The van der Waals surface area contributed by atoms with Crippen molar-refractivity contribution in [3.63, 3.8) is 0 Å². The Hall–Kier alpha value is -2.16. The van der Waals surface area contributed by atoms with Crippen LogP contribution in [0.5, 0.6) is 0 Å². The molecule has 0 aliphatic carbocycles. The van der Waals surface area contributed by atoms with Crippen LogP contribution in [0.1, 0.15) is 25.3 Å². The molecular formula is C19H25N3. The first-order chi connectivity index (χ1) is 10.8. The molecule has 116 valence electrons. The Morgan fingerprint density at radius 1 is 1.05 bits per heavy atom. The van der Waals surface area contributed by atoms with Crippen molar-refractivity contribution in [2.75, 3.05) is 35.2 Å². The highest BCUT2D eigenvalue weighted by molar-refractivity contribution is 5.73. The zero-order valence-electron chi connectivity index (χ0n) is 13.3. The maximum absolute atomic E-state index is 6.35. The molecule has 1 saturated heterocycles. The highest BCUT2D eigenvalue weighted by atomic mass is 15.2. The van der Waals surface area contributed by atoms with Gasteiger partial charge >= 0.3 is 0 Å². The molecule has 1 heterocycles. The quantitative estimate of drug-likeness (QED) is 0.849. The number of benzene rings is 2. The van der Waals surface area contributed by atoms with Gasteiger partial charge in [0.25, 0.3) is 0 Å². The van der Waals surface area contributed by atoms with Crippen LogP contribution in [0.4, 0.5) is 17.1 Å². The fourth-order valence-electron chi connectivity index (χ4n) is 3.17. The van der Waals surface area contributed by atoms with Crippen LogP contribution in [0, 0.1) is 0 Å². The molecule has 2 aromatic rings. The molecule has 0 unspecified atom stereocenters. The summed E-state index contributed by atoms with van der Waals surface area (Å²) in [5.41, 5.74) is 10.9. The van der Waals surface area contributed by atoms with E-state index in [0.29, 0.717) is 0 Å². The van der Waals surface area contributed by atoms with Gasteiger partial charge in [0, 0.05) is 31.9 Å². The van der Waals surface area contributed by atoms with Crippen LogP contribution >= 0.6 is 0 Å². The monoisotopic (exact) mass is 295 g/mol. The van der Waals surface area contributed by atoms with Crippen molar-refractivity contribution >= 4 is 17.1 Å². The Bertz CT molecular complexity index is 603. The summed E-state index contributed by atoms with van der Waals surface area (Å²) in [6.07, 6.45) is 2.58. The van der Waals surface area contributed by atoms with Gasteiger partial charge in [-0.1, -0.05) is 30.3 Å². The van der Waals surface area contributed by atoms with Crippen LogP contribution < -0.4 is 15.5 Å². The molecule has 22 heavy (non-hydrogen) atoms. The van der Waals surface area contributed by atoms with Crippen molar-refractivity contribution in [3.05, 3.63) is 54.1 Å². The van der Waals surface area contributed by atoms with E-state index in [1.807, 2.05) is 0 Å². The SMILES string of the molecule is CCN(Cc1ccccc1)c1ccc(N2CCCC2)cc1N. The standard InChI is InChI=1S/C19H25N3/c1-2-21(15-16-8-4-3-5-9-16)19-11-10-17(14-18(19)20)22-12-6-7-13-22/h3-5,8-11,14H,2,6-7,12-13,15,20H2,1H3. The average Bonchev–Trinajstić information content (AvgIpc) is 3.08. The number of nitrogen functional groups attached to an aromatic ring is 1.